The topological polar surface area (TPSA) is 53.5 Å². The van der Waals surface area contributed by atoms with Crippen molar-refractivity contribution in [3.8, 4) is 61.8 Å². The average Bonchev–Trinajstić information content (AvgIpc) is 4.16. The number of rotatable bonds is 13. The number of aryl methyl sites for hydroxylation is 4. The van der Waals surface area contributed by atoms with Gasteiger partial charge >= 0.3 is 0 Å². The fraction of sp³-hybridized carbons (Fsp3) is 0.0727. The van der Waals surface area contributed by atoms with Crippen molar-refractivity contribution in [1.29, 1.82) is 0 Å². The molecule has 0 spiro atoms. The summed E-state index contributed by atoms with van der Waals surface area (Å²) in [5, 5.41) is 8.80. The van der Waals surface area contributed by atoms with Crippen LogP contribution in [0, 0.1) is 0 Å². The van der Waals surface area contributed by atoms with Crippen molar-refractivity contribution < 1.29 is 0 Å². The highest BCUT2D eigenvalue weighted by Gasteiger charge is 2.16. The molecule has 0 N–H and O–H groups in total. The maximum Gasteiger partial charge on any atom is 0.0702 e. The van der Waals surface area contributed by atoms with Crippen LogP contribution in [0.3, 0.4) is 0 Å². The van der Waals surface area contributed by atoms with Gasteiger partial charge < -0.3 is 4.57 Å². The third-order valence-electron chi connectivity index (χ3n) is 11.4. The third kappa shape index (κ3) is 8.38. The summed E-state index contributed by atoms with van der Waals surface area (Å²) in [5.41, 5.74) is 17.6. The minimum atomic E-state index is 0.930. The molecule has 0 amide bonds. The second-order valence-corrected chi connectivity index (χ2v) is 15.4. The van der Waals surface area contributed by atoms with Crippen molar-refractivity contribution in [3.05, 3.63) is 241 Å². The first kappa shape index (κ1) is 37.4. The maximum atomic E-state index is 4.71. The normalized spacial score (nSPS) is 11.2. The Morgan fingerprint density at radius 3 is 1.52 bits per heavy atom. The molecule has 0 atom stereocenters. The van der Waals surface area contributed by atoms with E-state index in [4.69, 9.17) is 4.98 Å². The lowest BCUT2D eigenvalue weighted by Crippen LogP contribution is -2.02. The van der Waals surface area contributed by atoms with Gasteiger partial charge in [-0.25, -0.2) is 9.36 Å². The van der Waals surface area contributed by atoms with Gasteiger partial charge in [0.15, 0.2) is 0 Å². The summed E-state index contributed by atoms with van der Waals surface area (Å²) in [6.07, 6.45) is 15.4. The molecular formula is C55H44N6. The van der Waals surface area contributed by atoms with Crippen LogP contribution >= 0.6 is 0 Å². The summed E-state index contributed by atoms with van der Waals surface area (Å²) in [6.45, 7) is 0. The summed E-state index contributed by atoms with van der Waals surface area (Å²) in [5.74, 6) is 0. The zero-order chi connectivity index (χ0) is 40.8. The number of hydrogen-bond acceptors (Lipinski definition) is 3. The van der Waals surface area contributed by atoms with Crippen LogP contribution < -0.4 is 0 Å². The predicted molar refractivity (Wildman–Crippen MR) is 247 cm³/mol. The summed E-state index contributed by atoms with van der Waals surface area (Å²) in [4.78, 5) is 4.71. The molecule has 0 saturated heterocycles. The molecule has 0 radical (unpaired) electrons. The Morgan fingerprint density at radius 1 is 0.361 bits per heavy atom. The van der Waals surface area contributed by atoms with E-state index in [1.54, 1.807) is 0 Å². The summed E-state index contributed by atoms with van der Waals surface area (Å²) in [7, 11) is 0. The van der Waals surface area contributed by atoms with Gasteiger partial charge in [-0.2, -0.15) is 10.2 Å². The fourth-order valence-corrected chi connectivity index (χ4v) is 8.22. The number of hydrogen-bond donors (Lipinski definition) is 0. The molecule has 0 aliphatic rings. The molecular weight excluding hydrogens is 745 g/mol. The Hall–Kier alpha value is -7.83. The second-order valence-electron chi connectivity index (χ2n) is 15.4. The maximum absolute atomic E-state index is 4.71. The van der Waals surface area contributed by atoms with Crippen LogP contribution in [0.1, 0.15) is 22.3 Å². The van der Waals surface area contributed by atoms with Gasteiger partial charge in [-0.15, -0.1) is 0 Å². The minimum absolute atomic E-state index is 0.930. The van der Waals surface area contributed by atoms with Gasteiger partial charge in [0.25, 0.3) is 0 Å². The molecule has 0 saturated carbocycles. The molecule has 4 heterocycles. The van der Waals surface area contributed by atoms with E-state index < -0.39 is 0 Å². The molecule has 0 aliphatic carbocycles. The highest BCUT2D eigenvalue weighted by atomic mass is 15.3. The van der Waals surface area contributed by atoms with E-state index in [-0.39, 0.29) is 0 Å². The molecule has 0 fully saturated rings. The minimum Gasteiger partial charge on any atom is -0.316 e. The van der Waals surface area contributed by atoms with Crippen LogP contribution in [-0.4, -0.2) is 29.1 Å². The molecule has 294 valence electrons. The van der Waals surface area contributed by atoms with Crippen LogP contribution in [0.2, 0.25) is 0 Å². The van der Waals surface area contributed by atoms with Crippen molar-refractivity contribution in [2.75, 3.05) is 0 Å². The molecule has 6 nitrogen and oxygen atoms in total. The van der Waals surface area contributed by atoms with Crippen LogP contribution in [0.5, 0.6) is 0 Å². The van der Waals surface area contributed by atoms with E-state index in [1.165, 1.54) is 38.9 Å². The monoisotopic (exact) mass is 788 g/mol. The van der Waals surface area contributed by atoms with E-state index in [0.29, 0.717) is 0 Å². The number of pyridine rings is 1. The van der Waals surface area contributed by atoms with Crippen molar-refractivity contribution in [2.24, 2.45) is 0 Å². The molecule has 4 aromatic heterocycles. The van der Waals surface area contributed by atoms with Gasteiger partial charge in [0, 0.05) is 48.3 Å². The quantitative estimate of drug-likeness (QED) is 0.117. The van der Waals surface area contributed by atoms with Crippen molar-refractivity contribution in [3.63, 3.8) is 0 Å². The lowest BCUT2D eigenvalue weighted by atomic mass is 9.95. The van der Waals surface area contributed by atoms with Crippen LogP contribution in [-0.2, 0) is 25.7 Å². The predicted octanol–water partition coefficient (Wildman–Crippen LogP) is 12.5. The standard InChI is InChI=1S/C55H44N6/c1-2-9-45(10-3-1)46-21-23-47(24-22-46)52-40-48(53-11-4-5-31-56-53)25-30-55(52)59-34-6-12-54(59)49-38-43(15-13-41-17-26-50(27-18-41)60-35-7-32-57-60)37-44(39-49)16-14-42-19-28-51(29-20-42)61-36-8-33-58-61/h1-12,17-40H,13-16H2. The Balaban J connectivity index is 1.00. The Labute approximate surface area is 356 Å². The first-order valence-electron chi connectivity index (χ1n) is 20.9. The van der Waals surface area contributed by atoms with E-state index in [1.807, 2.05) is 64.6 Å². The summed E-state index contributed by atoms with van der Waals surface area (Å²) < 4.78 is 6.15. The average molecular weight is 789 g/mol. The third-order valence-corrected chi connectivity index (χ3v) is 11.4. The van der Waals surface area contributed by atoms with Gasteiger partial charge in [0.05, 0.1) is 28.5 Å². The highest BCUT2D eigenvalue weighted by Crippen LogP contribution is 2.36. The zero-order valence-electron chi connectivity index (χ0n) is 33.8. The van der Waals surface area contributed by atoms with E-state index in [2.05, 4.69) is 179 Å². The number of nitrogens with zero attached hydrogens (tertiary/aromatic N) is 6. The smallest absolute Gasteiger partial charge is 0.0702 e. The van der Waals surface area contributed by atoms with E-state index in [0.717, 1.165) is 70.8 Å². The zero-order valence-corrected chi connectivity index (χ0v) is 33.8. The van der Waals surface area contributed by atoms with E-state index >= 15 is 0 Å². The van der Waals surface area contributed by atoms with Crippen LogP contribution in [0.15, 0.2) is 219 Å². The van der Waals surface area contributed by atoms with Gasteiger partial charge in [-0.1, -0.05) is 97.1 Å². The van der Waals surface area contributed by atoms with E-state index in [9.17, 15) is 0 Å². The number of aromatic nitrogens is 6. The van der Waals surface area contributed by atoms with Crippen LogP contribution in [0.4, 0.5) is 0 Å². The summed E-state index contributed by atoms with van der Waals surface area (Å²) in [6, 6.07) is 65.3. The summed E-state index contributed by atoms with van der Waals surface area (Å²) >= 11 is 0. The number of benzene rings is 6. The molecule has 10 rings (SSSR count). The second kappa shape index (κ2) is 17.2. The first-order valence-corrected chi connectivity index (χ1v) is 20.9. The lowest BCUT2D eigenvalue weighted by molar-refractivity contribution is 0.875. The molecule has 0 unspecified atom stereocenters. The SMILES string of the molecule is c1ccc(-c2ccc(-c3cc(-c4ccccn4)ccc3-n3cccc3-c3cc(CCc4ccc(-n5cccn5)cc4)cc(CCc4ccc(-n5cccn5)cc4)c3)cc2)cc1. The van der Waals surface area contributed by atoms with Gasteiger partial charge in [-0.3, -0.25) is 4.98 Å². The van der Waals surface area contributed by atoms with Crippen molar-refractivity contribution >= 4 is 0 Å². The molecule has 6 aromatic carbocycles. The Morgan fingerprint density at radius 2 is 0.934 bits per heavy atom. The first-order chi connectivity index (χ1) is 30.2. The molecule has 10 aromatic rings. The van der Waals surface area contributed by atoms with Crippen molar-refractivity contribution in [2.45, 2.75) is 25.7 Å². The molecule has 61 heavy (non-hydrogen) atoms. The molecule has 0 bridgehead atoms. The van der Waals surface area contributed by atoms with Gasteiger partial charge in [0.2, 0.25) is 0 Å². The van der Waals surface area contributed by atoms with Gasteiger partial charge in [-0.05, 0) is 155 Å². The van der Waals surface area contributed by atoms with Gasteiger partial charge in [0.1, 0.15) is 0 Å². The highest BCUT2D eigenvalue weighted by molar-refractivity contribution is 5.82. The largest absolute Gasteiger partial charge is 0.316 e. The molecule has 0 aliphatic heterocycles. The Kier molecular flexibility index (Phi) is 10.5. The Bertz CT molecular complexity index is 2870. The molecule has 6 heteroatoms. The fourth-order valence-electron chi connectivity index (χ4n) is 8.22. The van der Waals surface area contributed by atoms with Crippen molar-refractivity contribution in [1.82, 2.24) is 29.1 Å². The lowest BCUT2D eigenvalue weighted by Gasteiger charge is -2.18. The van der Waals surface area contributed by atoms with Crippen LogP contribution in [0.25, 0.3) is 61.8 Å².